The van der Waals surface area contributed by atoms with Gasteiger partial charge in [0.05, 0.1) is 0 Å². The molecule has 1 unspecified atom stereocenters. The number of unbranched alkanes of at least 4 members (excludes halogenated alkanes) is 1. The Morgan fingerprint density at radius 2 is 1.95 bits per heavy atom. The number of thioether (sulfide) groups is 2. The van der Waals surface area contributed by atoms with Crippen LogP contribution in [0.5, 0.6) is 0 Å². The normalized spacial score (nSPS) is 12.2. The molecule has 1 aromatic carbocycles. The van der Waals surface area contributed by atoms with Crippen LogP contribution in [0.4, 0.5) is 0 Å². The average Bonchev–Trinajstić information content (AvgIpc) is 2.46. The number of hydrogen-bond donors (Lipinski definition) is 1. The Bertz CT molecular complexity index is 368. The molecule has 0 amide bonds. The number of hydrogen-bond acceptors (Lipinski definition) is 3. The maximum atomic E-state index is 10.5. The van der Waals surface area contributed by atoms with Gasteiger partial charge in [0.2, 0.25) is 0 Å². The van der Waals surface area contributed by atoms with Gasteiger partial charge in [0.25, 0.3) is 0 Å². The maximum absolute atomic E-state index is 10.5. The smallest absolute Gasteiger partial charge is 0.303 e. The Morgan fingerprint density at radius 1 is 1.20 bits per heavy atom. The van der Waals surface area contributed by atoms with Gasteiger partial charge < -0.3 is 5.11 Å². The minimum Gasteiger partial charge on any atom is -0.481 e. The van der Waals surface area contributed by atoms with Crippen LogP contribution in [0.25, 0.3) is 0 Å². The van der Waals surface area contributed by atoms with Crippen LogP contribution in [0.3, 0.4) is 0 Å². The molecule has 0 saturated heterocycles. The molecule has 4 heteroatoms. The molecule has 0 bridgehead atoms. The molecule has 0 radical (unpaired) electrons. The van der Waals surface area contributed by atoms with Crippen molar-refractivity contribution in [3.8, 4) is 0 Å². The molecule has 1 aromatic rings. The van der Waals surface area contributed by atoms with Gasteiger partial charge in [0.1, 0.15) is 0 Å². The van der Waals surface area contributed by atoms with Crippen LogP contribution < -0.4 is 0 Å². The average molecular weight is 312 g/mol. The molecule has 0 spiro atoms. The molecule has 0 saturated carbocycles. The summed E-state index contributed by atoms with van der Waals surface area (Å²) in [7, 11) is 0. The van der Waals surface area contributed by atoms with E-state index in [1.807, 2.05) is 29.6 Å². The highest BCUT2D eigenvalue weighted by molar-refractivity contribution is 7.99. The van der Waals surface area contributed by atoms with E-state index < -0.39 is 5.97 Å². The fourth-order valence-electron chi connectivity index (χ4n) is 2.00. The van der Waals surface area contributed by atoms with Crippen LogP contribution in [0.15, 0.2) is 30.3 Å². The lowest BCUT2D eigenvalue weighted by molar-refractivity contribution is -0.137. The Morgan fingerprint density at radius 3 is 2.60 bits per heavy atom. The fourth-order valence-corrected chi connectivity index (χ4v) is 3.90. The summed E-state index contributed by atoms with van der Waals surface area (Å²) in [5, 5.41) is 9.31. The predicted octanol–water partition coefficient (Wildman–Crippen LogP) is 4.69. The first kappa shape index (κ1) is 17.4. The number of rotatable bonds is 11. The first-order chi connectivity index (χ1) is 9.72. The van der Waals surface area contributed by atoms with Crippen molar-refractivity contribution >= 4 is 29.5 Å². The molecule has 0 aromatic heterocycles. The second-order valence-corrected chi connectivity index (χ2v) is 7.11. The van der Waals surface area contributed by atoms with Gasteiger partial charge in [-0.3, -0.25) is 4.79 Å². The van der Waals surface area contributed by atoms with Crippen molar-refractivity contribution in [2.45, 2.75) is 43.1 Å². The third-order valence-electron chi connectivity index (χ3n) is 3.14. The highest BCUT2D eigenvalue weighted by Gasteiger charge is 2.09. The highest BCUT2D eigenvalue weighted by atomic mass is 32.2. The third-order valence-corrected chi connectivity index (χ3v) is 5.23. The standard InChI is InChI=1S/C16H24O2S2/c1-19-12-11-15(9-5-6-10-16(17)18)20-13-14-7-3-2-4-8-14/h2-4,7-8,15H,5-6,9-13H2,1H3,(H,17,18). The van der Waals surface area contributed by atoms with E-state index in [0.717, 1.165) is 25.0 Å². The number of benzene rings is 1. The van der Waals surface area contributed by atoms with Crippen LogP contribution >= 0.6 is 23.5 Å². The van der Waals surface area contributed by atoms with Gasteiger partial charge in [-0.25, -0.2) is 0 Å². The number of carboxylic acids is 1. The SMILES string of the molecule is CSCCC(CCCCC(=O)O)SCc1ccccc1. The monoisotopic (exact) mass is 312 g/mol. The van der Waals surface area contributed by atoms with Crippen molar-refractivity contribution < 1.29 is 9.90 Å². The first-order valence-electron chi connectivity index (χ1n) is 7.08. The van der Waals surface area contributed by atoms with E-state index in [4.69, 9.17) is 5.11 Å². The van der Waals surface area contributed by atoms with E-state index in [9.17, 15) is 4.79 Å². The summed E-state index contributed by atoms with van der Waals surface area (Å²) in [5.41, 5.74) is 1.37. The van der Waals surface area contributed by atoms with Crippen LogP contribution in [-0.4, -0.2) is 28.3 Å². The van der Waals surface area contributed by atoms with Gasteiger partial charge >= 0.3 is 5.97 Å². The summed E-state index contributed by atoms with van der Waals surface area (Å²) in [5.74, 6) is 1.56. The van der Waals surface area contributed by atoms with E-state index in [-0.39, 0.29) is 0 Å². The van der Waals surface area contributed by atoms with Crippen LogP contribution in [-0.2, 0) is 10.5 Å². The van der Waals surface area contributed by atoms with Gasteiger partial charge in [-0.1, -0.05) is 36.8 Å². The summed E-state index contributed by atoms with van der Waals surface area (Å²) >= 11 is 3.90. The number of aliphatic carboxylic acids is 1. The van der Waals surface area contributed by atoms with Crippen LogP contribution in [0.1, 0.15) is 37.7 Å². The first-order valence-corrected chi connectivity index (χ1v) is 9.53. The molecule has 0 fully saturated rings. The van der Waals surface area contributed by atoms with Gasteiger partial charge in [-0.05, 0) is 36.8 Å². The maximum Gasteiger partial charge on any atom is 0.303 e. The molecule has 20 heavy (non-hydrogen) atoms. The van der Waals surface area contributed by atoms with Gasteiger partial charge in [0, 0.05) is 17.4 Å². The lowest BCUT2D eigenvalue weighted by Gasteiger charge is -2.16. The molecule has 112 valence electrons. The summed E-state index contributed by atoms with van der Waals surface area (Å²) in [6.45, 7) is 0. The van der Waals surface area contributed by atoms with E-state index in [1.54, 1.807) is 0 Å². The van der Waals surface area contributed by atoms with E-state index >= 15 is 0 Å². The van der Waals surface area contributed by atoms with Crippen LogP contribution in [0, 0.1) is 0 Å². The van der Waals surface area contributed by atoms with Gasteiger partial charge in [0.15, 0.2) is 0 Å². The third kappa shape index (κ3) is 8.54. The Hall–Kier alpha value is -0.610. The number of carbonyl (C=O) groups is 1. The Balaban J connectivity index is 2.29. The van der Waals surface area contributed by atoms with E-state index in [0.29, 0.717) is 11.7 Å². The van der Waals surface area contributed by atoms with Crippen molar-refractivity contribution in [1.29, 1.82) is 0 Å². The lowest BCUT2D eigenvalue weighted by atomic mass is 10.1. The Kier molecular flexibility index (Phi) is 9.67. The summed E-state index contributed by atoms with van der Waals surface area (Å²) in [4.78, 5) is 10.5. The zero-order valence-electron chi connectivity index (χ0n) is 12.1. The van der Waals surface area contributed by atoms with Crippen molar-refractivity contribution in [3.05, 3.63) is 35.9 Å². The van der Waals surface area contributed by atoms with E-state index in [1.165, 1.54) is 17.7 Å². The highest BCUT2D eigenvalue weighted by Crippen LogP contribution is 2.26. The fraction of sp³-hybridized carbons (Fsp3) is 0.562. The van der Waals surface area contributed by atoms with Crippen molar-refractivity contribution in [3.63, 3.8) is 0 Å². The lowest BCUT2D eigenvalue weighted by Crippen LogP contribution is -2.06. The van der Waals surface area contributed by atoms with Crippen molar-refractivity contribution in [1.82, 2.24) is 0 Å². The zero-order valence-corrected chi connectivity index (χ0v) is 13.7. The van der Waals surface area contributed by atoms with Crippen LogP contribution in [0.2, 0.25) is 0 Å². The van der Waals surface area contributed by atoms with Gasteiger partial charge in [-0.15, -0.1) is 0 Å². The van der Waals surface area contributed by atoms with Crippen molar-refractivity contribution in [2.75, 3.05) is 12.0 Å². The van der Waals surface area contributed by atoms with Gasteiger partial charge in [-0.2, -0.15) is 23.5 Å². The summed E-state index contributed by atoms with van der Waals surface area (Å²) in [6.07, 6.45) is 6.61. The molecule has 0 heterocycles. The summed E-state index contributed by atoms with van der Waals surface area (Å²) in [6, 6.07) is 10.6. The topological polar surface area (TPSA) is 37.3 Å². The van der Waals surface area contributed by atoms with Crippen molar-refractivity contribution in [2.24, 2.45) is 0 Å². The largest absolute Gasteiger partial charge is 0.481 e. The second-order valence-electron chi connectivity index (χ2n) is 4.84. The Labute approximate surface area is 130 Å². The quantitative estimate of drug-likeness (QED) is 0.602. The second kappa shape index (κ2) is 11.1. The molecule has 0 aliphatic carbocycles. The molecule has 2 nitrogen and oxygen atoms in total. The minimum atomic E-state index is -0.678. The minimum absolute atomic E-state index is 0.304. The molecule has 1 atom stereocenters. The summed E-state index contributed by atoms with van der Waals surface area (Å²) < 4.78 is 0. The molecule has 1 N–H and O–H groups in total. The molecular formula is C16H24O2S2. The molecular weight excluding hydrogens is 288 g/mol. The zero-order chi connectivity index (χ0) is 14.6. The molecule has 1 rings (SSSR count). The molecule has 0 aliphatic heterocycles. The number of carboxylic acid groups (broad SMARTS) is 1. The predicted molar refractivity (Wildman–Crippen MR) is 90.6 cm³/mol. The van der Waals surface area contributed by atoms with E-state index in [2.05, 4.69) is 30.5 Å². The molecule has 0 aliphatic rings.